The zero-order valence-electron chi connectivity index (χ0n) is 13.3. The average Bonchev–Trinajstić information content (AvgIpc) is 2.62. The summed E-state index contributed by atoms with van der Waals surface area (Å²) in [5.41, 5.74) is 1.06. The van der Waals surface area contributed by atoms with E-state index in [0.717, 1.165) is 17.9 Å². The van der Waals surface area contributed by atoms with Crippen LogP contribution in [0.15, 0.2) is 59.6 Å². The van der Waals surface area contributed by atoms with Gasteiger partial charge in [0.1, 0.15) is 5.75 Å². The standard InChI is InChI=1S/C18H16F2N2O2S/c19-17(20)24-15-9-4-6-13(12-15)16(23)22-10-5-11-25-18(22)21-14-7-2-1-3-8-14/h1-4,6-9,12,17H,5,10-11H2. The number of rotatable bonds is 4. The highest BCUT2D eigenvalue weighted by atomic mass is 32.2. The van der Waals surface area contributed by atoms with Crippen molar-refractivity contribution in [2.24, 2.45) is 4.99 Å². The number of para-hydroxylation sites is 1. The van der Waals surface area contributed by atoms with Crippen molar-refractivity contribution in [3.05, 3.63) is 60.2 Å². The van der Waals surface area contributed by atoms with Crippen molar-refractivity contribution in [1.82, 2.24) is 4.90 Å². The van der Waals surface area contributed by atoms with Gasteiger partial charge in [-0.25, -0.2) is 4.99 Å². The second-order valence-corrected chi connectivity index (χ2v) is 6.36. The number of amides is 1. The Morgan fingerprint density at radius 1 is 1.16 bits per heavy atom. The Hall–Kier alpha value is -2.41. The van der Waals surface area contributed by atoms with E-state index in [4.69, 9.17) is 0 Å². The molecule has 4 nitrogen and oxygen atoms in total. The van der Waals surface area contributed by atoms with Crippen LogP contribution in [0.5, 0.6) is 5.75 Å². The van der Waals surface area contributed by atoms with Crippen molar-refractivity contribution in [2.45, 2.75) is 13.0 Å². The van der Waals surface area contributed by atoms with Crippen LogP contribution >= 0.6 is 11.8 Å². The van der Waals surface area contributed by atoms with Gasteiger partial charge in [0.15, 0.2) is 5.17 Å². The van der Waals surface area contributed by atoms with Gasteiger partial charge in [-0.2, -0.15) is 8.78 Å². The van der Waals surface area contributed by atoms with E-state index in [1.165, 1.54) is 30.0 Å². The molecule has 2 aromatic carbocycles. The number of carbonyl (C=O) groups is 1. The predicted octanol–water partition coefficient (Wildman–Crippen LogP) is 4.55. The molecule has 7 heteroatoms. The van der Waals surface area contributed by atoms with Crippen LogP contribution in [0.2, 0.25) is 0 Å². The van der Waals surface area contributed by atoms with Crippen molar-refractivity contribution in [3.63, 3.8) is 0 Å². The number of amidine groups is 1. The van der Waals surface area contributed by atoms with E-state index in [9.17, 15) is 13.6 Å². The van der Waals surface area contributed by atoms with Gasteiger partial charge < -0.3 is 4.74 Å². The lowest BCUT2D eigenvalue weighted by atomic mass is 10.2. The van der Waals surface area contributed by atoms with Crippen LogP contribution in [-0.2, 0) is 0 Å². The SMILES string of the molecule is O=C(c1cccc(OC(F)F)c1)N1CCCSC1=Nc1ccccc1. The second kappa shape index (κ2) is 8.11. The Bertz CT molecular complexity index is 769. The normalized spacial score (nSPS) is 16.3. The number of benzene rings is 2. The summed E-state index contributed by atoms with van der Waals surface area (Å²) in [7, 11) is 0. The molecule has 0 radical (unpaired) electrons. The summed E-state index contributed by atoms with van der Waals surface area (Å²) < 4.78 is 29.1. The fourth-order valence-corrected chi connectivity index (χ4v) is 3.37. The molecule has 130 valence electrons. The first-order valence-electron chi connectivity index (χ1n) is 7.77. The van der Waals surface area contributed by atoms with Gasteiger partial charge in [0, 0.05) is 17.9 Å². The maximum atomic E-state index is 12.8. The number of ether oxygens (including phenoxy) is 1. The maximum absolute atomic E-state index is 12.8. The number of hydrogen-bond acceptors (Lipinski definition) is 4. The first kappa shape index (κ1) is 17.4. The topological polar surface area (TPSA) is 41.9 Å². The van der Waals surface area contributed by atoms with Crippen molar-refractivity contribution < 1.29 is 18.3 Å². The number of thioether (sulfide) groups is 1. The second-order valence-electron chi connectivity index (χ2n) is 5.30. The van der Waals surface area contributed by atoms with E-state index >= 15 is 0 Å². The molecule has 0 aliphatic carbocycles. The highest BCUT2D eigenvalue weighted by Gasteiger charge is 2.25. The number of hydrogen-bond donors (Lipinski definition) is 0. The molecule has 0 spiro atoms. The lowest BCUT2D eigenvalue weighted by Crippen LogP contribution is -2.39. The third-order valence-corrected chi connectivity index (χ3v) is 4.58. The van der Waals surface area contributed by atoms with Crippen molar-refractivity contribution in [3.8, 4) is 5.75 Å². The molecule has 25 heavy (non-hydrogen) atoms. The van der Waals surface area contributed by atoms with E-state index in [2.05, 4.69) is 9.73 Å². The molecule has 0 saturated carbocycles. The molecule has 1 amide bonds. The first-order valence-corrected chi connectivity index (χ1v) is 8.75. The molecule has 3 rings (SSSR count). The summed E-state index contributed by atoms with van der Waals surface area (Å²) in [6.45, 7) is -2.39. The number of carbonyl (C=O) groups excluding carboxylic acids is 1. The van der Waals surface area contributed by atoms with Crippen molar-refractivity contribution in [2.75, 3.05) is 12.3 Å². The van der Waals surface area contributed by atoms with E-state index < -0.39 is 6.61 Å². The molecule has 0 aromatic heterocycles. The zero-order valence-corrected chi connectivity index (χ0v) is 14.1. The zero-order chi connectivity index (χ0) is 17.6. The molecule has 1 aliphatic heterocycles. The third-order valence-electron chi connectivity index (χ3n) is 3.52. The highest BCUT2D eigenvalue weighted by Crippen LogP contribution is 2.25. The molecule has 1 fully saturated rings. The molecule has 0 unspecified atom stereocenters. The van der Waals surface area contributed by atoms with E-state index in [1.807, 2.05) is 30.3 Å². The van der Waals surface area contributed by atoms with Gasteiger partial charge in [0.05, 0.1) is 5.69 Å². The van der Waals surface area contributed by atoms with Crippen LogP contribution in [0.25, 0.3) is 0 Å². The van der Waals surface area contributed by atoms with Gasteiger partial charge in [0.25, 0.3) is 5.91 Å². The molecule has 1 saturated heterocycles. The minimum absolute atomic E-state index is 0.0351. The molecular formula is C18H16F2N2O2S. The minimum atomic E-state index is -2.92. The van der Waals surface area contributed by atoms with Crippen LogP contribution in [0.1, 0.15) is 16.8 Å². The van der Waals surface area contributed by atoms with E-state index in [-0.39, 0.29) is 11.7 Å². The highest BCUT2D eigenvalue weighted by molar-refractivity contribution is 8.13. The molecule has 0 N–H and O–H groups in total. The summed E-state index contributed by atoms with van der Waals surface area (Å²) in [5, 5.41) is 0.614. The molecule has 0 atom stereocenters. The van der Waals surface area contributed by atoms with Gasteiger partial charge in [-0.1, -0.05) is 36.0 Å². The number of halogens is 2. The van der Waals surface area contributed by atoms with Gasteiger partial charge in [-0.15, -0.1) is 0 Å². The monoisotopic (exact) mass is 362 g/mol. The lowest BCUT2D eigenvalue weighted by Gasteiger charge is -2.28. The Kier molecular flexibility index (Phi) is 5.65. The maximum Gasteiger partial charge on any atom is 0.387 e. The van der Waals surface area contributed by atoms with Gasteiger partial charge in [-0.05, 0) is 36.8 Å². The Labute approximate surface area is 148 Å². The predicted molar refractivity (Wildman–Crippen MR) is 94.7 cm³/mol. The van der Waals surface area contributed by atoms with Crippen LogP contribution in [0.3, 0.4) is 0 Å². The summed E-state index contributed by atoms with van der Waals surface area (Å²) in [6, 6.07) is 15.2. The number of alkyl halides is 2. The molecule has 1 aliphatic rings. The Morgan fingerprint density at radius 3 is 2.72 bits per heavy atom. The summed E-state index contributed by atoms with van der Waals surface area (Å²) in [6.07, 6.45) is 0.845. The van der Waals surface area contributed by atoms with Crippen LogP contribution in [0, 0.1) is 0 Å². The van der Waals surface area contributed by atoms with Gasteiger partial charge in [-0.3, -0.25) is 9.69 Å². The molecule has 1 heterocycles. The largest absolute Gasteiger partial charge is 0.435 e. The van der Waals surface area contributed by atoms with Gasteiger partial charge in [0.2, 0.25) is 0 Å². The van der Waals surface area contributed by atoms with Gasteiger partial charge >= 0.3 is 6.61 Å². The quantitative estimate of drug-likeness (QED) is 0.801. The number of nitrogens with zero attached hydrogens (tertiary/aromatic N) is 2. The fourth-order valence-electron chi connectivity index (χ4n) is 2.41. The van der Waals surface area contributed by atoms with E-state index in [1.54, 1.807) is 11.0 Å². The first-order chi connectivity index (χ1) is 12.1. The Morgan fingerprint density at radius 2 is 1.96 bits per heavy atom. The summed E-state index contributed by atoms with van der Waals surface area (Å²) in [4.78, 5) is 19.0. The Balaban J connectivity index is 1.85. The smallest absolute Gasteiger partial charge is 0.387 e. The third kappa shape index (κ3) is 4.57. The fraction of sp³-hybridized carbons (Fsp3) is 0.222. The minimum Gasteiger partial charge on any atom is -0.435 e. The molecule has 0 bridgehead atoms. The number of aliphatic imine (C=N–C) groups is 1. The molecular weight excluding hydrogens is 346 g/mol. The molecule has 2 aromatic rings. The average molecular weight is 362 g/mol. The summed E-state index contributed by atoms with van der Waals surface area (Å²) >= 11 is 1.51. The van der Waals surface area contributed by atoms with Crippen LogP contribution in [-0.4, -0.2) is 34.9 Å². The lowest BCUT2D eigenvalue weighted by molar-refractivity contribution is -0.0498. The van der Waals surface area contributed by atoms with Crippen LogP contribution < -0.4 is 4.74 Å². The van der Waals surface area contributed by atoms with Crippen molar-refractivity contribution >= 4 is 28.5 Å². The van der Waals surface area contributed by atoms with E-state index in [0.29, 0.717) is 17.3 Å². The summed E-state index contributed by atoms with van der Waals surface area (Å²) in [5.74, 6) is 0.568. The van der Waals surface area contributed by atoms with Crippen molar-refractivity contribution in [1.29, 1.82) is 0 Å². The van der Waals surface area contributed by atoms with Crippen LogP contribution in [0.4, 0.5) is 14.5 Å².